The molecule has 5 nitrogen and oxygen atoms in total. The van der Waals surface area contributed by atoms with Crippen molar-refractivity contribution < 1.29 is 9.90 Å². The van der Waals surface area contributed by atoms with E-state index in [2.05, 4.69) is 10.6 Å². The van der Waals surface area contributed by atoms with E-state index >= 15 is 0 Å². The van der Waals surface area contributed by atoms with Crippen molar-refractivity contribution in [2.75, 3.05) is 17.6 Å². The van der Waals surface area contributed by atoms with Gasteiger partial charge in [0.05, 0.1) is 0 Å². The van der Waals surface area contributed by atoms with Gasteiger partial charge in [-0.15, -0.1) is 0 Å². The highest BCUT2D eigenvalue weighted by atomic mass is 16.3. The van der Waals surface area contributed by atoms with E-state index in [0.717, 1.165) is 28.8 Å². The molecular weight excluding hydrogens is 350 g/mol. The second-order valence-corrected chi connectivity index (χ2v) is 9.29. The maximum absolute atomic E-state index is 12.4. The van der Waals surface area contributed by atoms with Gasteiger partial charge < -0.3 is 21.5 Å². The minimum absolute atomic E-state index is 0.243. The highest BCUT2D eigenvalue weighted by Gasteiger charge is 2.26. The maximum atomic E-state index is 12.4. The van der Waals surface area contributed by atoms with Crippen LogP contribution in [0, 0.1) is 0 Å². The van der Waals surface area contributed by atoms with Crippen LogP contribution in [0.25, 0.3) is 0 Å². The fourth-order valence-corrected chi connectivity index (χ4v) is 3.03. The predicted octanol–water partition coefficient (Wildman–Crippen LogP) is 4.93. The summed E-state index contributed by atoms with van der Waals surface area (Å²) < 4.78 is 0. The van der Waals surface area contributed by atoms with Crippen LogP contribution in [-0.2, 0) is 17.3 Å². The third kappa shape index (κ3) is 5.65. The Balaban J connectivity index is 2.11. The number of carbonyl (C=O) groups is 1. The first kappa shape index (κ1) is 21.6. The number of hydrogen-bond acceptors (Lipinski definition) is 3. The normalized spacial score (nSPS) is 11.9. The van der Waals surface area contributed by atoms with Gasteiger partial charge in [-0.05, 0) is 47.1 Å². The molecule has 0 aliphatic heterocycles. The lowest BCUT2D eigenvalue weighted by molar-refractivity contribution is 0.252. The predicted molar refractivity (Wildman–Crippen MR) is 117 cm³/mol. The number of amides is 2. The van der Waals surface area contributed by atoms with Crippen molar-refractivity contribution >= 4 is 17.4 Å². The Kier molecular flexibility index (Phi) is 6.27. The van der Waals surface area contributed by atoms with Gasteiger partial charge in [-0.2, -0.15) is 0 Å². The Morgan fingerprint density at radius 3 is 1.93 bits per heavy atom. The first-order chi connectivity index (χ1) is 12.9. The van der Waals surface area contributed by atoms with Crippen LogP contribution in [0.1, 0.15) is 58.2 Å². The average molecular weight is 384 g/mol. The van der Waals surface area contributed by atoms with Gasteiger partial charge in [-0.1, -0.05) is 53.7 Å². The minimum atomic E-state index is -0.263. The molecule has 2 rings (SSSR count). The van der Waals surface area contributed by atoms with Gasteiger partial charge in [-0.25, -0.2) is 4.79 Å². The van der Waals surface area contributed by atoms with Gasteiger partial charge in [0, 0.05) is 29.0 Å². The Morgan fingerprint density at radius 2 is 1.46 bits per heavy atom. The molecule has 5 heteroatoms. The van der Waals surface area contributed by atoms with E-state index < -0.39 is 0 Å². The van der Waals surface area contributed by atoms with Crippen molar-refractivity contribution in [3.8, 4) is 5.75 Å². The van der Waals surface area contributed by atoms with Crippen molar-refractivity contribution in [3.05, 3.63) is 53.1 Å². The zero-order chi connectivity index (χ0) is 21.1. The van der Waals surface area contributed by atoms with Crippen LogP contribution in [0.2, 0.25) is 0 Å². The van der Waals surface area contributed by atoms with Crippen molar-refractivity contribution in [1.82, 2.24) is 5.32 Å². The first-order valence-corrected chi connectivity index (χ1v) is 9.65. The molecule has 0 spiro atoms. The molecule has 0 atom stereocenters. The van der Waals surface area contributed by atoms with E-state index in [4.69, 9.17) is 5.73 Å². The smallest absolute Gasteiger partial charge is 0.319 e. The summed E-state index contributed by atoms with van der Waals surface area (Å²) in [6.45, 7) is 12.8. The zero-order valence-corrected chi connectivity index (χ0v) is 17.8. The molecule has 28 heavy (non-hydrogen) atoms. The molecule has 0 bridgehead atoms. The summed E-state index contributed by atoms with van der Waals surface area (Å²) in [5.74, 6) is 0.300. The van der Waals surface area contributed by atoms with E-state index in [0.29, 0.717) is 18.0 Å². The molecule has 0 saturated carbocycles. The lowest BCUT2D eigenvalue weighted by atomic mass is 9.79. The minimum Gasteiger partial charge on any atom is -0.507 e. The number of carbonyl (C=O) groups excluding carboxylic acids is 1. The Bertz CT molecular complexity index is 793. The molecule has 152 valence electrons. The summed E-state index contributed by atoms with van der Waals surface area (Å²) in [6, 6.07) is 11.1. The lowest BCUT2D eigenvalue weighted by Gasteiger charge is -2.28. The van der Waals surface area contributed by atoms with Crippen LogP contribution >= 0.6 is 0 Å². The molecule has 0 aliphatic carbocycles. The third-order valence-electron chi connectivity index (χ3n) is 4.66. The largest absolute Gasteiger partial charge is 0.507 e. The Labute approximate surface area is 168 Å². The average Bonchev–Trinajstić information content (AvgIpc) is 2.56. The first-order valence-electron chi connectivity index (χ1n) is 9.65. The van der Waals surface area contributed by atoms with Crippen LogP contribution in [0.15, 0.2) is 36.4 Å². The van der Waals surface area contributed by atoms with E-state index in [-0.39, 0.29) is 16.9 Å². The molecule has 0 saturated heterocycles. The standard InChI is InChI=1S/C23H33N3O2/c1-22(2,3)18-13-17(14-19(20(18)27)23(4,5)6)26-21(28)25-12-11-15-7-9-16(24)10-8-15/h7-10,13-14,27H,11-12,24H2,1-6H3,(H2,25,26,28). The number of nitrogens with two attached hydrogens (primary N) is 1. The molecule has 0 unspecified atom stereocenters. The van der Waals surface area contributed by atoms with E-state index in [9.17, 15) is 9.90 Å². The SMILES string of the molecule is CC(C)(C)c1cc(NC(=O)NCCc2ccc(N)cc2)cc(C(C)(C)C)c1O. The van der Waals surface area contributed by atoms with E-state index in [1.54, 1.807) is 0 Å². The number of aromatic hydroxyl groups is 1. The molecule has 2 aromatic rings. The molecule has 2 aromatic carbocycles. The number of rotatable bonds is 4. The summed E-state index contributed by atoms with van der Waals surface area (Å²) in [5.41, 5.74) is 9.36. The number of hydrogen-bond donors (Lipinski definition) is 4. The fraction of sp³-hybridized carbons (Fsp3) is 0.435. The van der Waals surface area contributed by atoms with Gasteiger partial charge in [0.1, 0.15) is 5.75 Å². The summed E-state index contributed by atoms with van der Waals surface area (Å²) >= 11 is 0. The van der Waals surface area contributed by atoms with Gasteiger partial charge in [-0.3, -0.25) is 0 Å². The fourth-order valence-electron chi connectivity index (χ4n) is 3.03. The molecule has 2 amide bonds. The van der Waals surface area contributed by atoms with Crippen LogP contribution in [0.3, 0.4) is 0 Å². The molecule has 0 fully saturated rings. The summed E-state index contributed by atoms with van der Waals surface area (Å²) in [5, 5.41) is 16.6. The number of nitrogens with one attached hydrogen (secondary N) is 2. The number of urea groups is 1. The molecule has 0 radical (unpaired) electrons. The van der Waals surface area contributed by atoms with Gasteiger partial charge >= 0.3 is 6.03 Å². The summed E-state index contributed by atoms with van der Waals surface area (Å²) in [7, 11) is 0. The van der Waals surface area contributed by atoms with Crippen molar-refractivity contribution in [1.29, 1.82) is 0 Å². The third-order valence-corrected chi connectivity index (χ3v) is 4.66. The quantitative estimate of drug-likeness (QED) is 0.446. The van der Waals surface area contributed by atoms with Gasteiger partial charge in [0.25, 0.3) is 0 Å². The number of nitrogen functional groups attached to an aromatic ring is 1. The number of phenolic OH excluding ortho intramolecular Hbond substituents is 1. The molecular formula is C23H33N3O2. The molecule has 0 aliphatic rings. The molecule has 5 N–H and O–H groups in total. The van der Waals surface area contributed by atoms with E-state index in [1.165, 1.54) is 0 Å². The number of anilines is 2. The Morgan fingerprint density at radius 1 is 0.964 bits per heavy atom. The molecule has 0 heterocycles. The van der Waals surface area contributed by atoms with Crippen molar-refractivity contribution in [2.45, 2.75) is 58.8 Å². The second-order valence-electron chi connectivity index (χ2n) is 9.29. The van der Waals surface area contributed by atoms with Crippen LogP contribution < -0.4 is 16.4 Å². The van der Waals surface area contributed by atoms with Crippen LogP contribution in [0.5, 0.6) is 5.75 Å². The number of phenols is 1. The summed E-state index contributed by atoms with van der Waals surface area (Å²) in [6.07, 6.45) is 0.726. The topological polar surface area (TPSA) is 87.4 Å². The van der Waals surface area contributed by atoms with Crippen LogP contribution in [0.4, 0.5) is 16.2 Å². The number of benzene rings is 2. The van der Waals surface area contributed by atoms with Crippen molar-refractivity contribution in [3.63, 3.8) is 0 Å². The van der Waals surface area contributed by atoms with E-state index in [1.807, 2.05) is 77.9 Å². The lowest BCUT2D eigenvalue weighted by Crippen LogP contribution is -2.30. The molecule has 0 aromatic heterocycles. The second kappa shape index (κ2) is 8.13. The Hall–Kier alpha value is -2.69. The highest BCUT2D eigenvalue weighted by molar-refractivity contribution is 5.89. The zero-order valence-electron chi connectivity index (χ0n) is 17.8. The van der Waals surface area contributed by atoms with Crippen molar-refractivity contribution in [2.24, 2.45) is 0 Å². The summed E-state index contributed by atoms with van der Waals surface area (Å²) in [4.78, 5) is 12.4. The van der Waals surface area contributed by atoms with Gasteiger partial charge in [0.15, 0.2) is 0 Å². The monoisotopic (exact) mass is 383 g/mol. The van der Waals surface area contributed by atoms with Gasteiger partial charge in [0.2, 0.25) is 0 Å². The highest BCUT2D eigenvalue weighted by Crippen LogP contribution is 2.40. The maximum Gasteiger partial charge on any atom is 0.319 e. The van der Waals surface area contributed by atoms with Crippen LogP contribution in [-0.4, -0.2) is 17.7 Å².